The van der Waals surface area contributed by atoms with Gasteiger partial charge in [0.25, 0.3) is 5.91 Å². The van der Waals surface area contributed by atoms with Crippen LogP contribution in [0.2, 0.25) is 0 Å². The van der Waals surface area contributed by atoms with Crippen LogP contribution in [0.4, 0.5) is 18.9 Å². The molecule has 3 aromatic rings. The summed E-state index contributed by atoms with van der Waals surface area (Å²) >= 11 is 0. The van der Waals surface area contributed by atoms with Crippen LogP contribution >= 0.6 is 0 Å². The van der Waals surface area contributed by atoms with Crippen LogP contribution in [0.25, 0.3) is 17.0 Å². The molecule has 0 spiro atoms. The Balaban J connectivity index is 1.81. The Labute approximate surface area is 181 Å². The minimum Gasteiger partial charge on any atom is -0.465 e. The number of alkyl halides is 3. The molecule has 0 atom stereocenters. The van der Waals surface area contributed by atoms with Gasteiger partial charge in [-0.1, -0.05) is 36.4 Å². The van der Waals surface area contributed by atoms with Gasteiger partial charge in [0.05, 0.1) is 17.9 Å². The molecule has 4 rings (SSSR count). The van der Waals surface area contributed by atoms with Crippen molar-refractivity contribution in [2.45, 2.75) is 19.6 Å². The highest BCUT2D eigenvalue weighted by Gasteiger charge is 2.46. The van der Waals surface area contributed by atoms with E-state index in [1.807, 2.05) is 0 Å². The summed E-state index contributed by atoms with van der Waals surface area (Å²) in [6, 6.07) is 14.8. The third-order valence-corrected chi connectivity index (χ3v) is 4.87. The van der Waals surface area contributed by atoms with Gasteiger partial charge in [0.2, 0.25) is 0 Å². The molecular weight excluding hydrogens is 423 g/mol. The number of nitrogens with zero attached hydrogens (tertiary/aromatic N) is 3. The maximum Gasteiger partial charge on any atom is 0.435 e. The molecule has 0 saturated carbocycles. The Bertz CT molecular complexity index is 1240. The van der Waals surface area contributed by atoms with Crippen molar-refractivity contribution < 1.29 is 27.5 Å². The van der Waals surface area contributed by atoms with Crippen LogP contribution in [0, 0.1) is 0 Å². The van der Waals surface area contributed by atoms with Crippen LogP contribution in [0.3, 0.4) is 0 Å². The zero-order valence-electron chi connectivity index (χ0n) is 17.0. The number of carbonyl (C=O) groups excluding carboxylic acids is 2. The number of rotatable bonds is 5. The van der Waals surface area contributed by atoms with Crippen LogP contribution in [0.15, 0.2) is 71.5 Å². The largest absolute Gasteiger partial charge is 0.465 e. The minimum absolute atomic E-state index is 0.109. The van der Waals surface area contributed by atoms with Gasteiger partial charge >= 0.3 is 12.1 Å². The van der Waals surface area contributed by atoms with Gasteiger partial charge < -0.3 is 9.30 Å². The Morgan fingerprint density at radius 1 is 1.09 bits per heavy atom. The summed E-state index contributed by atoms with van der Waals surface area (Å²) < 4.78 is 47.8. The lowest BCUT2D eigenvalue weighted by Crippen LogP contribution is -2.25. The summed E-state index contributed by atoms with van der Waals surface area (Å²) in [4.78, 5) is 24.9. The molecule has 2 aromatic carbocycles. The topological polar surface area (TPSA) is 63.9 Å². The highest BCUT2D eigenvalue weighted by Crippen LogP contribution is 2.34. The molecule has 6 nitrogen and oxygen atoms in total. The predicted octanol–water partition coefficient (Wildman–Crippen LogP) is 4.55. The highest BCUT2D eigenvalue weighted by molar-refractivity contribution is 6.34. The second-order valence-electron chi connectivity index (χ2n) is 6.99. The number of carbonyl (C=O) groups is 2. The fourth-order valence-corrected chi connectivity index (χ4v) is 3.52. The van der Waals surface area contributed by atoms with Gasteiger partial charge in [0.15, 0.2) is 5.71 Å². The number of benzene rings is 2. The van der Waals surface area contributed by atoms with Gasteiger partial charge in [-0.05, 0) is 31.2 Å². The Morgan fingerprint density at radius 2 is 1.78 bits per heavy atom. The molecule has 0 bridgehead atoms. The number of ether oxygens (including phenoxy) is 1. The first-order chi connectivity index (χ1) is 15.3. The number of amides is 1. The number of hydrogen-bond acceptors (Lipinski definition) is 4. The molecule has 9 heteroatoms. The van der Waals surface area contributed by atoms with E-state index in [0.717, 1.165) is 5.01 Å². The van der Waals surface area contributed by atoms with Crippen LogP contribution in [0.1, 0.15) is 12.5 Å². The molecular formula is C23H18F3N3O3. The zero-order chi connectivity index (χ0) is 22.9. The van der Waals surface area contributed by atoms with E-state index in [2.05, 4.69) is 5.10 Å². The van der Waals surface area contributed by atoms with Crippen molar-refractivity contribution in [1.29, 1.82) is 0 Å². The maximum atomic E-state index is 13.7. The fraction of sp³-hybridized carbons (Fsp3) is 0.174. The molecule has 1 aliphatic rings. The molecule has 1 aromatic heterocycles. The summed E-state index contributed by atoms with van der Waals surface area (Å²) in [5.41, 5.74) is -0.621. The monoisotopic (exact) mass is 441 g/mol. The first-order valence-corrected chi connectivity index (χ1v) is 9.80. The molecule has 0 aliphatic carbocycles. The van der Waals surface area contributed by atoms with E-state index >= 15 is 0 Å². The number of fused-ring (bicyclic) bond motifs is 1. The van der Waals surface area contributed by atoms with Crippen LogP contribution < -0.4 is 5.01 Å². The first kappa shape index (κ1) is 21.4. The van der Waals surface area contributed by atoms with Crippen molar-refractivity contribution in [2.75, 3.05) is 11.6 Å². The van der Waals surface area contributed by atoms with E-state index in [-0.39, 0.29) is 18.8 Å². The number of hydrogen-bond donors (Lipinski definition) is 0. The van der Waals surface area contributed by atoms with E-state index < -0.39 is 29.3 Å². The van der Waals surface area contributed by atoms with E-state index in [1.54, 1.807) is 54.0 Å². The number of esters is 1. The number of para-hydroxylation sites is 2. The lowest BCUT2D eigenvalue weighted by molar-refractivity contribution is -0.143. The van der Waals surface area contributed by atoms with Crippen molar-refractivity contribution in [1.82, 2.24) is 4.57 Å². The standard InChI is InChI=1S/C23H18F3N3O3/c1-2-32-20(30)14-28-13-15(17-10-6-7-11-19(17)28)12-18-21(23(24,25)26)27-29(22(18)31)16-8-4-3-5-9-16/h3-13H,2,14H2,1H3/b18-12-. The molecule has 2 heterocycles. The van der Waals surface area contributed by atoms with Gasteiger partial charge in [0, 0.05) is 22.7 Å². The molecule has 1 amide bonds. The Hall–Kier alpha value is -3.88. The highest BCUT2D eigenvalue weighted by atomic mass is 19.4. The van der Waals surface area contributed by atoms with Gasteiger partial charge in [-0.15, -0.1) is 0 Å². The molecule has 0 N–H and O–H groups in total. The summed E-state index contributed by atoms with van der Waals surface area (Å²) in [5.74, 6) is -1.36. The second-order valence-corrected chi connectivity index (χ2v) is 6.99. The van der Waals surface area contributed by atoms with Crippen molar-refractivity contribution >= 4 is 40.3 Å². The smallest absolute Gasteiger partial charge is 0.435 e. The van der Waals surface area contributed by atoms with E-state index in [4.69, 9.17) is 4.74 Å². The van der Waals surface area contributed by atoms with Gasteiger partial charge in [-0.3, -0.25) is 9.59 Å². The summed E-state index contributed by atoms with van der Waals surface area (Å²) in [5, 5.41) is 4.91. The summed E-state index contributed by atoms with van der Waals surface area (Å²) in [6.07, 6.45) is -2.13. The number of hydrazone groups is 1. The molecule has 32 heavy (non-hydrogen) atoms. The molecule has 0 unspecified atom stereocenters. The molecule has 0 fully saturated rings. The maximum absolute atomic E-state index is 13.7. The summed E-state index contributed by atoms with van der Waals surface area (Å²) in [7, 11) is 0. The van der Waals surface area contributed by atoms with Gasteiger partial charge in [-0.2, -0.15) is 23.3 Å². The number of aromatic nitrogens is 1. The third kappa shape index (κ3) is 4.01. The Morgan fingerprint density at radius 3 is 2.47 bits per heavy atom. The van der Waals surface area contributed by atoms with Crippen LogP contribution in [-0.4, -0.2) is 34.9 Å². The van der Waals surface area contributed by atoms with E-state index in [1.165, 1.54) is 24.4 Å². The van der Waals surface area contributed by atoms with Crippen LogP contribution in [-0.2, 0) is 20.9 Å². The minimum atomic E-state index is -4.83. The number of halogens is 3. The average Bonchev–Trinajstić information content (AvgIpc) is 3.27. The fourth-order valence-electron chi connectivity index (χ4n) is 3.52. The number of anilines is 1. The Kier molecular flexibility index (Phi) is 5.56. The third-order valence-electron chi connectivity index (χ3n) is 4.87. The summed E-state index contributed by atoms with van der Waals surface area (Å²) in [6.45, 7) is 1.79. The van der Waals surface area contributed by atoms with Crippen molar-refractivity contribution in [2.24, 2.45) is 5.10 Å². The molecule has 0 radical (unpaired) electrons. The average molecular weight is 441 g/mol. The molecule has 0 saturated heterocycles. The lowest BCUT2D eigenvalue weighted by atomic mass is 10.1. The zero-order valence-corrected chi connectivity index (χ0v) is 17.0. The second kappa shape index (κ2) is 8.33. The first-order valence-electron chi connectivity index (χ1n) is 9.80. The van der Waals surface area contributed by atoms with Gasteiger partial charge in [0.1, 0.15) is 6.54 Å². The van der Waals surface area contributed by atoms with E-state index in [0.29, 0.717) is 16.5 Å². The lowest BCUT2D eigenvalue weighted by Gasteiger charge is -2.10. The SMILES string of the molecule is CCOC(=O)Cn1cc(/C=C2\C(=O)N(c3ccccc3)N=C2C(F)(F)F)c2ccccc21. The van der Waals surface area contributed by atoms with E-state index in [9.17, 15) is 22.8 Å². The predicted molar refractivity (Wildman–Crippen MR) is 114 cm³/mol. The normalized spacial score (nSPS) is 15.5. The van der Waals surface area contributed by atoms with Crippen LogP contribution in [0.5, 0.6) is 0 Å². The quantitative estimate of drug-likeness (QED) is 0.431. The van der Waals surface area contributed by atoms with Crippen molar-refractivity contribution in [3.8, 4) is 0 Å². The van der Waals surface area contributed by atoms with Crippen molar-refractivity contribution in [3.05, 3.63) is 71.9 Å². The molecule has 1 aliphatic heterocycles. The molecule has 164 valence electrons. The van der Waals surface area contributed by atoms with Gasteiger partial charge in [-0.25, -0.2) is 0 Å². The van der Waals surface area contributed by atoms with Crippen molar-refractivity contribution in [3.63, 3.8) is 0 Å².